The Morgan fingerprint density at radius 1 is 1.06 bits per heavy atom. The van der Waals surface area contributed by atoms with E-state index in [-0.39, 0.29) is 17.4 Å². The van der Waals surface area contributed by atoms with Gasteiger partial charge in [0.05, 0.1) is 22.1 Å². The molecule has 0 bridgehead atoms. The standard InChI is InChI=1S/C25H23N5O2S/c1-17-8-10-20(11-9-17)24-28-29-25(30(24)21-6-4-3-5-7-21)33-16-23(32)27-26-18(2)19-12-14-22(31)15-13-19/h3-15H,16H2,1-2H3,(H2,26,27,31,32)/p+1. The summed E-state index contributed by atoms with van der Waals surface area (Å²) >= 11 is 1.32. The summed E-state index contributed by atoms with van der Waals surface area (Å²) in [7, 11) is 0. The fourth-order valence-electron chi connectivity index (χ4n) is 3.19. The maximum absolute atomic E-state index is 12.4. The first kappa shape index (κ1) is 22.3. The molecule has 0 aliphatic heterocycles. The zero-order valence-corrected chi connectivity index (χ0v) is 19.1. The van der Waals surface area contributed by atoms with Gasteiger partial charge in [-0.05, 0) is 79.7 Å². The van der Waals surface area contributed by atoms with Crippen LogP contribution >= 0.6 is 11.8 Å². The molecule has 3 aromatic carbocycles. The number of rotatable bonds is 7. The lowest BCUT2D eigenvalue weighted by molar-refractivity contribution is -0.625. The van der Waals surface area contributed by atoms with Crippen LogP contribution in [0.25, 0.3) is 17.1 Å². The van der Waals surface area contributed by atoms with Crippen LogP contribution in [-0.4, -0.2) is 32.7 Å². The van der Waals surface area contributed by atoms with Gasteiger partial charge in [-0.25, -0.2) is 5.43 Å². The minimum atomic E-state index is -0.238. The molecule has 4 aromatic rings. The van der Waals surface area contributed by atoms with Crippen molar-refractivity contribution in [2.45, 2.75) is 19.0 Å². The largest absolute Gasteiger partial charge is 0.508 e. The van der Waals surface area contributed by atoms with Crippen LogP contribution in [0.3, 0.4) is 0 Å². The molecule has 0 aliphatic rings. The summed E-state index contributed by atoms with van der Waals surface area (Å²) in [6.07, 6.45) is 0. The van der Waals surface area contributed by atoms with Crippen LogP contribution in [0, 0.1) is 6.92 Å². The Balaban J connectivity index is 1.51. The molecule has 0 unspecified atom stereocenters. The third-order valence-corrected chi connectivity index (χ3v) is 5.92. The quantitative estimate of drug-likeness (QED) is 0.169. The molecular weight excluding hydrogens is 434 g/mol. The molecule has 0 saturated heterocycles. The fourth-order valence-corrected chi connectivity index (χ4v) is 3.95. The molecule has 3 N–H and O–H groups in total. The number of benzene rings is 3. The molecule has 4 rings (SSSR count). The third kappa shape index (κ3) is 5.48. The lowest BCUT2D eigenvalue weighted by Gasteiger charge is -2.05. The highest BCUT2D eigenvalue weighted by atomic mass is 32.2. The van der Waals surface area contributed by atoms with Gasteiger partial charge in [0.25, 0.3) is 11.7 Å². The number of carbonyl (C=O) groups excluding carboxylic acids is 1. The van der Waals surface area contributed by atoms with Crippen molar-refractivity contribution in [3.05, 3.63) is 90.0 Å². The van der Waals surface area contributed by atoms with Crippen LogP contribution in [0.4, 0.5) is 0 Å². The summed E-state index contributed by atoms with van der Waals surface area (Å²) in [6, 6.07) is 24.8. The Morgan fingerprint density at radius 2 is 1.76 bits per heavy atom. The number of nitrogens with zero attached hydrogens (tertiary/aromatic N) is 3. The summed E-state index contributed by atoms with van der Waals surface area (Å²) in [6.45, 7) is 3.85. The van der Waals surface area contributed by atoms with Crippen LogP contribution in [0.5, 0.6) is 5.75 Å². The van der Waals surface area contributed by atoms with Crippen molar-refractivity contribution in [1.29, 1.82) is 0 Å². The number of phenols is 1. The SMILES string of the molecule is C/C(=N\NC(=O)CSc1n[nH]c(-c2ccc(C)cc2)[n+]1-c1ccccc1)c1ccc(O)cc1. The normalized spacial score (nSPS) is 11.4. The highest BCUT2D eigenvalue weighted by molar-refractivity contribution is 7.99. The Hall–Kier alpha value is -3.91. The molecule has 1 heterocycles. The van der Waals surface area contributed by atoms with Gasteiger partial charge in [0, 0.05) is 0 Å². The zero-order chi connectivity index (χ0) is 23.2. The van der Waals surface area contributed by atoms with Crippen molar-refractivity contribution in [3.8, 4) is 22.8 Å². The molecule has 1 amide bonds. The van der Waals surface area contributed by atoms with E-state index in [0.717, 1.165) is 22.6 Å². The predicted molar refractivity (Wildman–Crippen MR) is 129 cm³/mol. The summed E-state index contributed by atoms with van der Waals surface area (Å²) in [4.78, 5) is 12.4. The number of amides is 1. The first-order chi connectivity index (χ1) is 16.0. The Bertz CT molecular complexity index is 1270. The Kier molecular flexibility index (Phi) is 6.85. The molecule has 0 atom stereocenters. The van der Waals surface area contributed by atoms with Crippen LogP contribution < -0.4 is 9.99 Å². The van der Waals surface area contributed by atoms with Crippen LogP contribution in [0.1, 0.15) is 18.1 Å². The molecule has 166 valence electrons. The van der Waals surface area contributed by atoms with Crippen molar-refractivity contribution in [1.82, 2.24) is 15.6 Å². The molecule has 8 heteroatoms. The van der Waals surface area contributed by atoms with E-state index in [4.69, 9.17) is 0 Å². The van der Waals surface area contributed by atoms with E-state index in [9.17, 15) is 9.90 Å². The number of H-pyrrole nitrogens is 1. The van der Waals surface area contributed by atoms with E-state index in [1.165, 1.54) is 17.3 Å². The number of aryl methyl sites for hydroxylation is 1. The van der Waals surface area contributed by atoms with Gasteiger partial charge >= 0.3 is 5.16 Å². The van der Waals surface area contributed by atoms with Gasteiger partial charge in [-0.2, -0.15) is 9.67 Å². The Morgan fingerprint density at radius 3 is 2.45 bits per heavy atom. The molecule has 0 spiro atoms. The number of para-hydroxylation sites is 1. The number of hydrogen-bond acceptors (Lipinski definition) is 5. The molecule has 0 saturated carbocycles. The van der Waals surface area contributed by atoms with Crippen molar-refractivity contribution in [2.24, 2.45) is 5.10 Å². The van der Waals surface area contributed by atoms with Crippen molar-refractivity contribution in [3.63, 3.8) is 0 Å². The second-order valence-corrected chi connectivity index (χ2v) is 8.40. The van der Waals surface area contributed by atoms with Crippen molar-refractivity contribution in [2.75, 3.05) is 5.75 Å². The lowest BCUT2D eigenvalue weighted by atomic mass is 10.1. The van der Waals surface area contributed by atoms with Gasteiger partial charge in [0.1, 0.15) is 11.4 Å². The number of aromatic hydroxyl groups is 1. The predicted octanol–water partition coefficient (Wildman–Crippen LogP) is 4.00. The molecule has 0 radical (unpaired) electrons. The van der Waals surface area contributed by atoms with Gasteiger partial charge in [-0.15, -0.1) is 5.10 Å². The topological polar surface area (TPSA) is 94.2 Å². The van der Waals surface area contributed by atoms with E-state index in [1.54, 1.807) is 31.2 Å². The third-order valence-electron chi connectivity index (χ3n) is 4.98. The number of thioether (sulfide) groups is 1. The lowest BCUT2D eigenvalue weighted by Crippen LogP contribution is -2.34. The average Bonchev–Trinajstić information content (AvgIpc) is 3.26. The second-order valence-electron chi connectivity index (χ2n) is 7.46. The molecule has 0 fully saturated rings. The van der Waals surface area contributed by atoms with Crippen LogP contribution in [0.2, 0.25) is 0 Å². The number of carbonyl (C=O) groups is 1. The minimum absolute atomic E-state index is 0.150. The van der Waals surface area contributed by atoms with Crippen molar-refractivity contribution < 1.29 is 14.5 Å². The van der Waals surface area contributed by atoms with E-state index in [1.807, 2.05) is 54.0 Å². The number of nitrogens with one attached hydrogen (secondary N) is 2. The van der Waals surface area contributed by atoms with Gasteiger partial charge in [-0.1, -0.05) is 35.9 Å². The molecule has 0 aliphatic carbocycles. The Labute approximate surface area is 196 Å². The molecule has 33 heavy (non-hydrogen) atoms. The number of aromatic amines is 1. The van der Waals surface area contributed by atoms with Gasteiger partial charge in [-0.3, -0.25) is 4.79 Å². The fraction of sp³-hybridized carbons (Fsp3) is 0.120. The first-order valence-electron chi connectivity index (χ1n) is 10.4. The average molecular weight is 459 g/mol. The molecule has 7 nitrogen and oxygen atoms in total. The highest BCUT2D eigenvalue weighted by Gasteiger charge is 2.24. The van der Waals surface area contributed by atoms with Gasteiger partial charge in [0.15, 0.2) is 0 Å². The number of hydrogen-bond donors (Lipinski definition) is 3. The van der Waals surface area contributed by atoms with E-state index < -0.39 is 0 Å². The second kappa shape index (κ2) is 10.1. The number of phenolic OH excluding ortho intramolecular Hbond substituents is 1. The molecule has 1 aromatic heterocycles. The van der Waals surface area contributed by atoms with Crippen LogP contribution in [-0.2, 0) is 4.79 Å². The summed E-state index contributed by atoms with van der Waals surface area (Å²) in [5.74, 6) is 0.933. The highest BCUT2D eigenvalue weighted by Crippen LogP contribution is 2.20. The monoisotopic (exact) mass is 458 g/mol. The number of hydrazone groups is 1. The number of aromatic nitrogens is 3. The van der Waals surface area contributed by atoms with E-state index >= 15 is 0 Å². The van der Waals surface area contributed by atoms with E-state index in [2.05, 4.69) is 32.9 Å². The maximum atomic E-state index is 12.4. The van der Waals surface area contributed by atoms with E-state index in [0.29, 0.717) is 10.9 Å². The van der Waals surface area contributed by atoms with Crippen LogP contribution in [0.15, 0.2) is 89.1 Å². The summed E-state index contributed by atoms with van der Waals surface area (Å²) in [5, 5.41) is 21.8. The smallest absolute Gasteiger partial charge is 0.342 e. The molecular formula is C25H24N5O2S+. The van der Waals surface area contributed by atoms with Gasteiger partial charge in [0.2, 0.25) is 0 Å². The zero-order valence-electron chi connectivity index (χ0n) is 18.3. The summed E-state index contributed by atoms with van der Waals surface area (Å²) in [5.41, 5.74) is 7.18. The van der Waals surface area contributed by atoms with Crippen molar-refractivity contribution >= 4 is 23.4 Å². The maximum Gasteiger partial charge on any atom is 0.342 e. The summed E-state index contributed by atoms with van der Waals surface area (Å²) < 4.78 is 2.01. The van der Waals surface area contributed by atoms with Gasteiger partial charge < -0.3 is 5.11 Å². The first-order valence-corrected chi connectivity index (χ1v) is 11.4. The minimum Gasteiger partial charge on any atom is -0.508 e.